The van der Waals surface area contributed by atoms with Gasteiger partial charge < -0.3 is 0 Å². The van der Waals surface area contributed by atoms with Gasteiger partial charge in [0.05, 0.1) is 15.9 Å². The maximum atomic E-state index is 6.03. The molecule has 1 heterocycles. The Kier molecular flexibility index (Phi) is 5.32. The van der Waals surface area contributed by atoms with Gasteiger partial charge in [-0.1, -0.05) is 13.8 Å². The molecule has 1 rings (SSSR count). The van der Waals surface area contributed by atoms with Crippen LogP contribution in [0.15, 0.2) is 4.47 Å². The molecule has 2 nitrogen and oxygen atoms in total. The van der Waals surface area contributed by atoms with Gasteiger partial charge in [0.15, 0.2) is 0 Å². The molecule has 16 heavy (non-hydrogen) atoms. The van der Waals surface area contributed by atoms with Crippen molar-refractivity contribution in [3.05, 3.63) is 15.9 Å². The van der Waals surface area contributed by atoms with Gasteiger partial charge in [-0.25, -0.2) is 0 Å². The third-order valence-corrected chi connectivity index (χ3v) is 4.23. The number of aromatic nitrogens is 2. The SMILES string of the molecule is Cc1nn(C)c(CC(CCl)CC(C)C)c1Br. The van der Waals surface area contributed by atoms with Gasteiger partial charge in [-0.15, -0.1) is 11.6 Å². The van der Waals surface area contributed by atoms with Crippen LogP contribution in [-0.4, -0.2) is 15.7 Å². The Morgan fingerprint density at radius 2 is 2.06 bits per heavy atom. The van der Waals surface area contributed by atoms with E-state index in [1.807, 2.05) is 18.7 Å². The van der Waals surface area contributed by atoms with Gasteiger partial charge in [0.25, 0.3) is 0 Å². The van der Waals surface area contributed by atoms with Gasteiger partial charge in [-0.3, -0.25) is 4.68 Å². The van der Waals surface area contributed by atoms with Crippen LogP contribution in [0.4, 0.5) is 0 Å². The summed E-state index contributed by atoms with van der Waals surface area (Å²) >= 11 is 9.63. The molecule has 1 aromatic heterocycles. The number of alkyl halides is 1. The lowest BCUT2D eigenvalue weighted by atomic mass is 9.94. The molecule has 0 aliphatic carbocycles. The number of hydrogen-bond acceptors (Lipinski definition) is 1. The first kappa shape index (κ1) is 14.0. The van der Waals surface area contributed by atoms with E-state index in [2.05, 4.69) is 34.9 Å². The largest absolute Gasteiger partial charge is 0.271 e. The summed E-state index contributed by atoms with van der Waals surface area (Å²) in [6, 6.07) is 0. The average Bonchev–Trinajstić information content (AvgIpc) is 2.43. The van der Waals surface area contributed by atoms with Crippen molar-refractivity contribution in [1.82, 2.24) is 9.78 Å². The van der Waals surface area contributed by atoms with E-state index in [0.717, 1.165) is 22.5 Å². The zero-order valence-electron chi connectivity index (χ0n) is 10.4. The lowest BCUT2D eigenvalue weighted by Crippen LogP contribution is -2.12. The molecule has 0 N–H and O–H groups in total. The monoisotopic (exact) mass is 306 g/mol. The molecule has 0 amide bonds. The van der Waals surface area contributed by atoms with Gasteiger partial charge in [0, 0.05) is 12.9 Å². The van der Waals surface area contributed by atoms with E-state index in [4.69, 9.17) is 11.6 Å². The summed E-state index contributed by atoms with van der Waals surface area (Å²) in [5.74, 6) is 1.94. The number of hydrogen-bond donors (Lipinski definition) is 0. The Morgan fingerprint density at radius 3 is 2.44 bits per heavy atom. The molecule has 1 unspecified atom stereocenters. The van der Waals surface area contributed by atoms with E-state index < -0.39 is 0 Å². The lowest BCUT2D eigenvalue weighted by molar-refractivity contribution is 0.431. The highest BCUT2D eigenvalue weighted by Gasteiger charge is 2.17. The van der Waals surface area contributed by atoms with Crippen LogP contribution >= 0.6 is 27.5 Å². The fourth-order valence-corrected chi connectivity index (χ4v) is 2.78. The summed E-state index contributed by atoms with van der Waals surface area (Å²) in [6.45, 7) is 6.50. The van der Waals surface area contributed by atoms with E-state index in [1.165, 1.54) is 12.1 Å². The predicted molar refractivity (Wildman–Crippen MR) is 73.0 cm³/mol. The minimum absolute atomic E-state index is 0.535. The molecule has 0 bridgehead atoms. The van der Waals surface area contributed by atoms with Gasteiger partial charge in [0.1, 0.15) is 0 Å². The van der Waals surface area contributed by atoms with Crippen LogP contribution in [0.25, 0.3) is 0 Å². The summed E-state index contributed by atoms with van der Waals surface area (Å²) in [7, 11) is 1.99. The molecule has 1 atom stereocenters. The van der Waals surface area contributed by atoms with Crippen LogP contribution in [0.2, 0.25) is 0 Å². The quantitative estimate of drug-likeness (QED) is 0.754. The van der Waals surface area contributed by atoms with Crippen LogP contribution in [-0.2, 0) is 13.5 Å². The van der Waals surface area contributed by atoms with Crippen molar-refractivity contribution in [1.29, 1.82) is 0 Å². The number of nitrogens with zero attached hydrogens (tertiary/aromatic N) is 2. The van der Waals surface area contributed by atoms with E-state index in [9.17, 15) is 0 Å². The summed E-state index contributed by atoms with van der Waals surface area (Å²) in [5, 5.41) is 4.40. The van der Waals surface area contributed by atoms with E-state index in [-0.39, 0.29) is 0 Å². The predicted octanol–water partition coefficient (Wildman–Crippen LogP) is 3.93. The molecule has 1 aromatic rings. The van der Waals surface area contributed by atoms with Crippen LogP contribution in [0, 0.1) is 18.8 Å². The highest BCUT2D eigenvalue weighted by molar-refractivity contribution is 9.10. The second kappa shape index (κ2) is 6.06. The Morgan fingerprint density at radius 1 is 1.44 bits per heavy atom. The van der Waals surface area contributed by atoms with Gasteiger partial charge in [0.2, 0.25) is 0 Å². The molecular weight excluding hydrogens is 288 g/mol. The molecular formula is C12H20BrClN2. The molecule has 92 valence electrons. The Balaban J connectivity index is 2.77. The van der Waals surface area contributed by atoms with Gasteiger partial charge in [-0.2, -0.15) is 5.10 Å². The third kappa shape index (κ3) is 3.49. The van der Waals surface area contributed by atoms with Crippen molar-refractivity contribution in [2.45, 2.75) is 33.6 Å². The summed E-state index contributed by atoms with van der Waals surface area (Å²) in [5.41, 5.74) is 2.30. The Labute approximate surface area is 111 Å². The molecule has 0 aliphatic heterocycles. The van der Waals surface area contributed by atoms with Crippen molar-refractivity contribution < 1.29 is 0 Å². The molecule has 0 saturated carbocycles. The molecule has 0 saturated heterocycles. The molecule has 0 spiro atoms. The van der Waals surface area contributed by atoms with E-state index in [0.29, 0.717) is 11.8 Å². The maximum Gasteiger partial charge on any atom is 0.0738 e. The number of aryl methyl sites for hydroxylation is 2. The minimum atomic E-state index is 0.535. The molecule has 0 radical (unpaired) electrons. The summed E-state index contributed by atoms with van der Waals surface area (Å²) in [6.07, 6.45) is 2.17. The highest BCUT2D eigenvalue weighted by Crippen LogP contribution is 2.25. The van der Waals surface area contributed by atoms with E-state index >= 15 is 0 Å². The van der Waals surface area contributed by atoms with Crippen molar-refractivity contribution >= 4 is 27.5 Å². The second-order valence-corrected chi connectivity index (χ2v) is 5.93. The first-order valence-electron chi connectivity index (χ1n) is 5.69. The van der Waals surface area contributed by atoms with Crippen molar-refractivity contribution in [2.75, 3.05) is 5.88 Å². The van der Waals surface area contributed by atoms with Crippen molar-refractivity contribution in [2.24, 2.45) is 18.9 Å². The van der Waals surface area contributed by atoms with Crippen LogP contribution < -0.4 is 0 Å². The normalized spacial score (nSPS) is 13.4. The summed E-state index contributed by atoms with van der Waals surface area (Å²) < 4.78 is 3.09. The number of halogens is 2. The van der Waals surface area contributed by atoms with Crippen LogP contribution in [0.5, 0.6) is 0 Å². The standard InChI is InChI=1S/C12H20BrClN2/c1-8(2)5-10(7-14)6-11-12(13)9(3)15-16(11)4/h8,10H,5-7H2,1-4H3. The van der Waals surface area contributed by atoms with Crippen molar-refractivity contribution in [3.8, 4) is 0 Å². The molecule has 0 aromatic carbocycles. The zero-order valence-corrected chi connectivity index (χ0v) is 12.8. The van der Waals surface area contributed by atoms with Crippen LogP contribution in [0.3, 0.4) is 0 Å². The third-order valence-electron chi connectivity index (χ3n) is 2.77. The highest BCUT2D eigenvalue weighted by atomic mass is 79.9. The Bertz CT molecular complexity index is 347. The second-order valence-electron chi connectivity index (χ2n) is 4.82. The van der Waals surface area contributed by atoms with Gasteiger partial charge in [-0.05, 0) is 47.5 Å². The fraction of sp³-hybridized carbons (Fsp3) is 0.750. The average molecular weight is 308 g/mol. The topological polar surface area (TPSA) is 17.8 Å². The number of rotatable bonds is 5. The van der Waals surface area contributed by atoms with Gasteiger partial charge >= 0.3 is 0 Å². The smallest absolute Gasteiger partial charge is 0.0738 e. The Hall–Kier alpha value is -0.0200. The zero-order chi connectivity index (χ0) is 12.3. The lowest BCUT2D eigenvalue weighted by Gasteiger charge is -2.16. The molecule has 4 heteroatoms. The first-order chi connectivity index (χ1) is 7.45. The fourth-order valence-electron chi connectivity index (χ4n) is 2.04. The molecule has 0 fully saturated rings. The first-order valence-corrected chi connectivity index (χ1v) is 7.02. The maximum absolute atomic E-state index is 6.03. The van der Waals surface area contributed by atoms with E-state index in [1.54, 1.807) is 0 Å². The van der Waals surface area contributed by atoms with Crippen LogP contribution in [0.1, 0.15) is 31.7 Å². The van der Waals surface area contributed by atoms with Crippen molar-refractivity contribution in [3.63, 3.8) is 0 Å². The molecule has 0 aliphatic rings. The summed E-state index contributed by atoms with van der Waals surface area (Å²) in [4.78, 5) is 0. The minimum Gasteiger partial charge on any atom is -0.271 e.